The molecule has 0 saturated carbocycles. The minimum Gasteiger partial charge on any atom is -0.508 e. The van der Waals surface area contributed by atoms with Crippen LogP contribution in [0.15, 0.2) is 72.8 Å². The molecule has 0 radical (unpaired) electrons. The number of aliphatic hydroxyl groups is 2. The van der Waals surface area contributed by atoms with Crippen molar-refractivity contribution in [2.45, 2.75) is 64.8 Å². The summed E-state index contributed by atoms with van der Waals surface area (Å²) in [5, 5.41) is 63.1. The maximum Gasteiger partial charge on any atom is 0.394 e. The molecule has 0 spiro atoms. The molecule has 3 aromatic carbocycles. The van der Waals surface area contributed by atoms with Crippen LogP contribution in [0.25, 0.3) is 0 Å². The third-order valence-corrected chi connectivity index (χ3v) is 4.94. The molecule has 0 amide bonds. The Labute approximate surface area is 253 Å². The summed E-state index contributed by atoms with van der Waals surface area (Å²) in [6.45, 7) is 12.7. The Kier molecular flexibility index (Phi) is 16.8. The third kappa shape index (κ3) is 23.8. The van der Waals surface area contributed by atoms with Crippen molar-refractivity contribution in [2.24, 2.45) is 0 Å². The van der Waals surface area contributed by atoms with Crippen molar-refractivity contribution in [3.63, 3.8) is 0 Å². The Hall–Kier alpha value is -3.43. The van der Waals surface area contributed by atoms with Gasteiger partial charge in [-0.25, -0.2) is 0 Å². The fourth-order valence-corrected chi connectivity index (χ4v) is 3.05. The summed E-state index contributed by atoms with van der Waals surface area (Å²) >= 11 is 0. The van der Waals surface area contributed by atoms with Gasteiger partial charge < -0.3 is 41.3 Å². The van der Waals surface area contributed by atoms with Gasteiger partial charge in [-0.15, -0.1) is 0 Å². The van der Waals surface area contributed by atoms with Crippen molar-refractivity contribution in [1.29, 1.82) is 0 Å². The highest BCUT2D eigenvalue weighted by atomic mass is 32.3. The molecule has 10 N–H and O–H groups in total. The Bertz CT molecular complexity index is 1160. The maximum absolute atomic E-state index is 9.85. The fourth-order valence-electron chi connectivity index (χ4n) is 3.05. The summed E-state index contributed by atoms with van der Waals surface area (Å²) in [5.74, 6) is -0.204. The summed E-state index contributed by atoms with van der Waals surface area (Å²) < 4.78 is 31.6. The van der Waals surface area contributed by atoms with E-state index in [0.29, 0.717) is 24.2 Å². The Morgan fingerprint density at radius 2 is 0.767 bits per heavy atom. The zero-order chi connectivity index (χ0) is 33.4. The average Bonchev–Trinajstić information content (AvgIpc) is 2.84. The summed E-state index contributed by atoms with van der Waals surface area (Å²) in [4.78, 5) is 0. The predicted octanol–water partition coefficient (Wildman–Crippen LogP) is 4.07. The molecule has 3 aromatic rings. The van der Waals surface area contributed by atoms with Gasteiger partial charge in [0.2, 0.25) is 0 Å². The maximum atomic E-state index is 9.85. The minimum atomic E-state index is -4.67. The van der Waals surface area contributed by atoms with Crippen LogP contribution in [-0.2, 0) is 10.4 Å². The Balaban J connectivity index is 0.000000610. The van der Waals surface area contributed by atoms with E-state index in [4.69, 9.17) is 17.5 Å². The van der Waals surface area contributed by atoms with Crippen LogP contribution < -0.4 is 10.6 Å². The highest BCUT2D eigenvalue weighted by molar-refractivity contribution is 7.79. The number of aliphatic hydroxyl groups excluding tert-OH is 2. The lowest BCUT2D eigenvalue weighted by Gasteiger charge is -2.23. The standard InChI is InChI=1S/2C12H19NO3.C6H6.H2O4S/c2*1-12(2,3)13-7-11(16)8-4-9(14)6-10(15)5-8;1-2-4-6-5-3-1;1-5(2,3)4/h2*4-6,11,13-16H,7H2,1-3H3;1-6H;(H2,1,2,3,4). The van der Waals surface area contributed by atoms with Crippen LogP contribution in [0, 0.1) is 0 Å². The molecular formula is C30H46N2O10S. The quantitative estimate of drug-likeness (QED) is 0.175. The highest BCUT2D eigenvalue weighted by Gasteiger charge is 2.15. The third-order valence-electron chi connectivity index (χ3n) is 4.94. The molecule has 0 aliphatic rings. The van der Waals surface area contributed by atoms with Crippen molar-refractivity contribution < 1.29 is 48.2 Å². The van der Waals surface area contributed by atoms with Crippen LogP contribution >= 0.6 is 0 Å². The summed E-state index contributed by atoms with van der Waals surface area (Å²) in [5.41, 5.74) is 0.822. The van der Waals surface area contributed by atoms with Crippen molar-refractivity contribution >= 4 is 10.4 Å². The number of nitrogens with one attached hydrogen (secondary N) is 2. The van der Waals surface area contributed by atoms with Crippen molar-refractivity contribution in [2.75, 3.05) is 13.1 Å². The van der Waals surface area contributed by atoms with Gasteiger partial charge in [0.1, 0.15) is 23.0 Å². The zero-order valence-electron chi connectivity index (χ0n) is 25.3. The number of benzene rings is 3. The largest absolute Gasteiger partial charge is 0.508 e. The number of hydrogen-bond donors (Lipinski definition) is 10. The summed E-state index contributed by atoms with van der Waals surface area (Å²) in [6.07, 6.45) is -1.51. The van der Waals surface area contributed by atoms with Gasteiger partial charge in [-0.05, 0) is 76.9 Å². The molecule has 0 fully saturated rings. The van der Waals surface area contributed by atoms with Gasteiger partial charge in [0.25, 0.3) is 0 Å². The van der Waals surface area contributed by atoms with E-state index in [0.717, 1.165) is 0 Å². The van der Waals surface area contributed by atoms with Gasteiger partial charge in [0.15, 0.2) is 0 Å². The number of rotatable bonds is 6. The first-order valence-corrected chi connectivity index (χ1v) is 14.6. The van der Waals surface area contributed by atoms with E-state index < -0.39 is 22.6 Å². The monoisotopic (exact) mass is 626 g/mol. The van der Waals surface area contributed by atoms with E-state index >= 15 is 0 Å². The molecule has 43 heavy (non-hydrogen) atoms. The molecule has 0 aliphatic carbocycles. The van der Waals surface area contributed by atoms with Gasteiger partial charge in [0, 0.05) is 36.3 Å². The molecule has 0 aliphatic heterocycles. The molecule has 0 aromatic heterocycles. The predicted molar refractivity (Wildman–Crippen MR) is 166 cm³/mol. The molecule has 2 unspecified atom stereocenters. The first-order chi connectivity index (χ1) is 19.6. The topological polar surface area (TPSA) is 220 Å². The average molecular weight is 627 g/mol. The minimum absolute atomic E-state index is 0.0511. The van der Waals surface area contributed by atoms with E-state index in [2.05, 4.69) is 10.6 Å². The van der Waals surface area contributed by atoms with Gasteiger partial charge >= 0.3 is 10.4 Å². The lowest BCUT2D eigenvalue weighted by Crippen LogP contribution is -2.38. The second-order valence-corrected chi connectivity index (χ2v) is 12.4. The van der Waals surface area contributed by atoms with E-state index in [1.54, 1.807) is 0 Å². The molecule has 0 bridgehead atoms. The Morgan fingerprint density at radius 1 is 0.558 bits per heavy atom. The lowest BCUT2D eigenvalue weighted by atomic mass is 10.1. The number of phenols is 4. The molecule has 13 heteroatoms. The van der Waals surface area contributed by atoms with Crippen LogP contribution in [0.4, 0.5) is 0 Å². The number of phenolic OH excluding ortho intramolecular Hbond substituents is 4. The van der Waals surface area contributed by atoms with E-state index in [1.165, 1.54) is 36.4 Å². The van der Waals surface area contributed by atoms with E-state index in [-0.39, 0.29) is 34.1 Å². The second-order valence-electron chi connectivity index (χ2n) is 11.5. The van der Waals surface area contributed by atoms with Crippen molar-refractivity contribution in [1.82, 2.24) is 10.6 Å². The zero-order valence-corrected chi connectivity index (χ0v) is 26.1. The van der Waals surface area contributed by atoms with Gasteiger partial charge in [-0.3, -0.25) is 9.11 Å². The fraction of sp³-hybridized carbons (Fsp3) is 0.400. The second kappa shape index (κ2) is 18.3. The molecule has 2 atom stereocenters. The first kappa shape index (κ1) is 39.6. The van der Waals surface area contributed by atoms with Crippen LogP contribution in [0.5, 0.6) is 23.0 Å². The molecule has 3 rings (SSSR count). The molecule has 0 saturated heterocycles. The van der Waals surface area contributed by atoms with Crippen LogP contribution in [0.2, 0.25) is 0 Å². The number of hydrogen-bond acceptors (Lipinski definition) is 10. The SMILES string of the molecule is CC(C)(C)NCC(O)c1cc(O)cc(O)c1.CC(C)(C)NCC(O)c1cc(O)cc(O)c1.O=S(=O)(O)O.c1ccccc1. The number of β-amino-alcohol motifs (C(OH)–C–C–N with tert-alkyl or cyclic N) is 2. The van der Waals surface area contributed by atoms with Crippen LogP contribution in [0.1, 0.15) is 64.9 Å². The lowest BCUT2D eigenvalue weighted by molar-refractivity contribution is 0.162. The number of aromatic hydroxyl groups is 4. The molecule has 0 heterocycles. The molecular weight excluding hydrogens is 580 g/mol. The van der Waals surface area contributed by atoms with Gasteiger partial charge in [-0.2, -0.15) is 8.42 Å². The summed E-state index contributed by atoms with van der Waals surface area (Å²) in [7, 11) is -4.67. The highest BCUT2D eigenvalue weighted by Crippen LogP contribution is 2.26. The molecule has 12 nitrogen and oxygen atoms in total. The van der Waals surface area contributed by atoms with Crippen molar-refractivity contribution in [3.05, 3.63) is 83.9 Å². The normalized spacial score (nSPS) is 12.7. The van der Waals surface area contributed by atoms with E-state index in [1.807, 2.05) is 77.9 Å². The van der Waals surface area contributed by atoms with Crippen LogP contribution in [0.3, 0.4) is 0 Å². The smallest absolute Gasteiger partial charge is 0.394 e. The van der Waals surface area contributed by atoms with Crippen LogP contribution in [-0.4, -0.2) is 72.3 Å². The van der Waals surface area contributed by atoms with Crippen molar-refractivity contribution in [3.8, 4) is 23.0 Å². The Morgan fingerprint density at radius 3 is 0.953 bits per heavy atom. The first-order valence-electron chi connectivity index (χ1n) is 13.2. The van der Waals surface area contributed by atoms with Gasteiger partial charge in [0.05, 0.1) is 12.2 Å². The van der Waals surface area contributed by atoms with Gasteiger partial charge in [-0.1, -0.05) is 36.4 Å². The molecule has 242 valence electrons. The summed E-state index contributed by atoms with van der Waals surface area (Å²) in [6, 6.07) is 20.2. The van der Waals surface area contributed by atoms with E-state index in [9.17, 15) is 30.6 Å².